The smallest absolute Gasteiger partial charge is 0.293 e. The van der Waals surface area contributed by atoms with Gasteiger partial charge < -0.3 is 10.2 Å². The molecule has 71 heavy (non-hydrogen) atoms. The fourth-order valence-electron chi connectivity index (χ4n) is 9.59. The lowest BCUT2D eigenvalue weighted by Crippen LogP contribution is -2.51. The molecule has 0 saturated heterocycles. The summed E-state index contributed by atoms with van der Waals surface area (Å²) in [5.74, 6) is -9.30. The summed E-state index contributed by atoms with van der Waals surface area (Å²) in [6.07, 6.45) is -5.08. The second kappa shape index (κ2) is 17.5. The Balaban J connectivity index is 1.15. The molecule has 0 spiro atoms. The van der Waals surface area contributed by atoms with Crippen LogP contribution in [0.1, 0.15) is 59.7 Å². The van der Waals surface area contributed by atoms with Crippen LogP contribution in [0.25, 0.3) is 22.0 Å². The Bertz CT molecular complexity index is 3420. The number of benzene rings is 4. The number of hydrogen-bond donors (Lipinski definition) is 2. The molecule has 4 aromatic carbocycles. The molecule has 1 amide bonds. The second-order valence-corrected chi connectivity index (χ2v) is 22.4. The highest BCUT2D eigenvalue weighted by molar-refractivity contribution is 7.93. The van der Waals surface area contributed by atoms with Gasteiger partial charge in [-0.2, -0.15) is 19.0 Å². The normalized spacial score (nSPS) is 18.6. The van der Waals surface area contributed by atoms with Gasteiger partial charge in [-0.3, -0.25) is 23.2 Å². The van der Waals surface area contributed by atoms with Crippen LogP contribution in [0.15, 0.2) is 77.8 Å². The molecule has 2 fully saturated rings. The van der Waals surface area contributed by atoms with Gasteiger partial charge in [0.05, 0.1) is 57.1 Å². The van der Waals surface area contributed by atoms with Gasteiger partial charge in [-0.1, -0.05) is 41.9 Å². The van der Waals surface area contributed by atoms with Gasteiger partial charge in [-0.25, -0.2) is 48.2 Å². The Hall–Kier alpha value is -6.27. The highest BCUT2D eigenvalue weighted by atomic mass is 35.5. The molecule has 4 aliphatic rings. The predicted octanol–water partition coefficient (Wildman–Crippen LogP) is 9.02. The van der Waals surface area contributed by atoms with E-state index in [0.29, 0.717) is 46.0 Å². The van der Waals surface area contributed by atoms with Crippen LogP contribution in [-0.2, 0) is 56.8 Å². The van der Waals surface area contributed by atoms with Crippen LogP contribution in [0, 0.1) is 17.6 Å². The number of anilines is 3. The first-order valence-electron chi connectivity index (χ1n) is 22.0. The molecule has 0 unspecified atom stereocenters. The molecule has 3 atom stereocenters. The first kappa shape index (κ1) is 48.4. The van der Waals surface area contributed by atoms with Crippen molar-refractivity contribution in [2.75, 3.05) is 27.2 Å². The lowest BCUT2D eigenvalue weighted by molar-refractivity contribution is -0.122. The number of fused-ring (bicyclic) bond motifs is 5. The van der Waals surface area contributed by atoms with Crippen molar-refractivity contribution in [2.45, 2.75) is 81.3 Å². The van der Waals surface area contributed by atoms with E-state index in [1.807, 2.05) is 0 Å². The lowest BCUT2D eigenvalue weighted by Gasteiger charge is -2.36. The number of carbonyl (C=O) groups excluding carboxylic acids is 1. The quantitative estimate of drug-likeness (QED) is 0.0908. The predicted molar refractivity (Wildman–Crippen MR) is 249 cm³/mol. The van der Waals surface area contributed by atoms with E-state index in [9.17, 15) is 48.0 Å². The molecule has 374 valence electrons. The Morgan fingerprint density at radius 2 is 1.66 bits per heavy atom. The summed E-state index contributed by atoms with van der Waals surface area (Å²) in [5.41, 5.74) is -0.304. The van der Waals surface area contributed by atoms with Gasteiger partial charge >= 0.3 is 0 Å². The Morgan fingerprint density at radius 3 is 2.34 bits per heavy atom. The average Bonchev–Trinajstić information content (AvgIpc) is 4.22. The summed E-state index contributed by atoms with van der Waals surface area (Å²) in [6, 6.07) is 15.3. The van der Waals surface area contributed by atoms with E-state index in [1.54, 1.807) is 42.5 Å². The fraction of sp³-hybridized carbons (Fsp3) is 0.348. The third kappa shape index (κ3) is 8.95. The van der Waals surface area contributed by atoms with Crippen molar-refractivity contribution in [3.8, 4) is 11.1 Å². The van der Waals surface area contributed by atoms with Crippen LogP contribution in [0.3, 0.4) is 0 Å². The SMILES string of the molecule is CN(c1ccccc1-c1ccc2c(c1)N=C([C@H](Cc1cc(F)cc(F)c1)NC(=O)Cn1nc(C(F)F)c3c1C(F)(F)[C@@H]1C[C@H]31)N(c1ccc(Cl)c3c(NS(=O)(=O)C4CC4)nn(CC(F)F)c13)C2)S(C)(=O)=O. The Morgan fingerprint density at radius 1 is 0.944 bits per heavy atom. The van der Waals surface area contributed by atoms with Crippen molar-refractivity contribution >= 4 is 77.2 Å². The number of amides is 1. The molecule has 6 aromatic rings. The van der Waals surface area contributed by atoms with E-state index in [1.165, 1.54) is 24.1 Å². The number of aliphatic imine (C=N–C) groups is 1. The van der Waals surface area contributed by atoms with E-state index >= 15 is 8.78 Å². The summed E-state index contributed by atoms with van der Waals surface area (Å²) in [4.78, 5) is 20.8. The standard InChI is InChI=1S/C46H40ClF8N9O5S2/c1-61(70(2,66)67)34-6-4-3-5-28(34)23-7-8-24-19-62(35-12-11-31(47)39-41(35)63(20-36(50)51)59-44(39)60-71(68,69)27-9-10-27)45(57-32(24)16-23)33(15-22-13-25(48)17-26(49)14-22)56-37(65)21-64-42-38(40(58-64)43(52)53)29-18-30(29)46(42,54)55/h3-8,11-14,16-17,27,29-30,33,36,43H,9-10,15,18-21H2,1-2H3,(H,56,65)(H,59,60)/t29-,30+,33-/m0/s1. The average molecular weight is 1050 g/mol. The molecule has 25 heteroatoms. The van der Waals surface area contributed by atoms with Crippen LogP contribution in [-0.4, -0.2) is 79.2 Å². The number of hydrogen-bond acceptors (Lipinski definition) is 9. The number of alkyl halides is 6. The number of sulfonamides is 2. The molecule has 0 bridgehead atoms. The molecular formula is C46H40ClF8N9O5S2. The summed E-state index contributed by atoms with van der Waals surface area (Å²) < 4.78 is 176. The molecule has 2 N–H and O–H groups in total. The van der Waals surface area contributed by atoms with Crippen LogP contribution in [0.5, 0.6) is 0 Å². The number of nitrogens with zero attached hydrogens (tertiary/aromatic N) is 7. The fourth-order valence-corrected chi connectivity index (χ4v) is 11.7. The number of rotatable bonds is 16. The molecule has 2 saturated carbocycles. The van der Waals surface area contributed by atoms with E-state index in [4.69, 9.17) is 16.6 Å². The largest absolute Gasteiger partial charge is 0.344 e. The number of para-hydroxylation sites is 1. The molecule has 3 aliphatic carbocycles. The van der Waals surface area contributed by atoms with E-state index in [-0.39, 0.29) is 63.0 Å². The Kier molecular flexibility index (Phi) is 11.9. The van der Waals surface area contributed by atoms with Crippen molar-refractivity contribution in [3.63, 3.8) is 0 Å². The first-order valence-corrected chi connectivity index (χ1v) is 25.8. The maximum absolute atomic E-state index is 15.7. The third-order valence-corrected chi connectivity index (χ3v) is 16.4. The molecular weight excluding hydrogens is 1010 g/mol. The Labute approximate surface area is 405 Å². The second-order valence-electron chi connectivity index (χ2n) is 18.0. The zero-order valence-corrected chi connectivity index (χ0v) is 39.6. The minimum atomic E-state index is -4.06. The van der Waals surface area contributed by atoms with Gasteiger partial charge in [0.15, 0.2) is 5.82 Å². The van der Waals surface area contributed by atoms with E-state index in [2.05, 4.69) is 20.2 Å². The van der Waals surface area contributed by atoms with Gasteiger partial charge in [-0.15, -0.1) is 0 Å². The van der Waals surface area contributed by atoms with Gasteiger partial charge in [0.2, 0.25) is 26.0 Å². The molecule has 2 aromatic heterocycles. The number of halogens is 9. The third-order valence-electron chi connectivity index (χ3n) is 13.1. The lowest BCUT2D eigenvalue weighted by atomic mass is 9.97. The van der Waals surface area contributed by atoms with E-state index < -0.39 is 110 Å². The van der Waals surface area contributed by atoms with Crippen molar-refractivity contribution < 1.29 is 56.8 Å². The number of carbonyl (C=O) groups is 1. The number of aromatic nitrogens is 4. The van der Waals surface area contributed by atoms with Crippen molar-refractivity contribution in [2.24, 2.45) is 10.9 Å². The van der Waals surface area contributed by atoms with Gasteiger partial charge in [-0.05, 0) is 78.3 Å². The summed E-state index contributed by atoms with van der Waals surface area (Å²) in [7, 11) is -6.46. The maximum Gasteiger partial charge on any atom is 0.293 e. The molecule has 14 nitrogen and oxygen atoms in total. The topological polar surface area (TPSA) is 164 Å². The highest BCUT2D eigenvalue weighted by Crippen LogP contribution is 2.68. The minimum absolute atomic E-state index is 0.0260. The monoisotopic (exact) mass is 1050 g/mol. The van der Waals surface area contributed by atoms with Crippen LogP contribution in [0.2, 0.25) is 5.02 Å². The van der Waals surface area contributed by atoms with Crippen molar-refractivity contribution in [1.82, 2.24) is 24.9 Å². The molecule has 1 aliphatic heterocycles. The van der Waals surface area contributed by atoms with Gasteiger partial charge in [0.1, 0.15) is 41.9 Å². The van der Waals surface area contributed by atoms with Crippen LogP contribution in [0.4, 0.5) is 58.0 Å². The summed E-state index contributed by atoms with van der Waals surface area (Å²) >= 11 is 6.74. The van der Waals surface area contributed by atoms with Crippen LogP contribution >= 0.6 is 11.6 Å². The number of amidine groups is 1. The molecule has 3 heterocycles. The van der Waals surface area contributed by atoms with Crippen molar-refractivity contribution in [3.05, 3.63) is 118 Å². The zero-order chi connectivity index (χ0) is 50.6. The van der Waals surface area contributed by atoms with Gasteiger partial charge in [0, 0.05) is 36.6 Å². The summed E-state index contributed by atoms with van der Waals surface area (Å²) in [5, 5.41) is 9.77. The number of nitrogens with one attached hydrogen (secondary N) is 2. The highest BCUT2D eigenvalue weighted by Gasteiger charge is 2.67. The van der Waals surface area contributed by atoms with E-state index in [0.717, 1.165) is 27.4 Å². The summed E-state index contributed by atoms with van der Waals surface area (Å²) in [6.45, 7) is -2.30. The molecule has 0 radical (unpaired) electrons. The zero-order valence-electron chi connectivity index (χ0n) is 37.2. The van der Waals surface area contributed by atoms with Gasteiger partial charge in [0.25, 0.3) is 18.8 Å². The first-order chi connectivity index (χ1) is 33.5. The molecule has 10 rings (SSSR count). The minimum Gasteiger partial charge on any atom is -0.344 e. The van der Waals surface area contributed by atoms with Crippen molar-refractivity contribution in [1.29, 1.82) is 0 Å². The maximum atomic E-state index is 15.7. The van der Waals surface area contributed by atoms with Crippen LogP contribution < -0.4 is 19.2 Å².